The summed E-state index contributed by atoms with van der Waals surface area (Å²) < 4.78 is 0. The fourth-order valence-corrected chi connectivity index (χ4v) is 1.76. The number of hydrogen-bond acceptors (Lipinski definition) is 2. The van der Waals surface area contributed by atoms with Crippen molar-refractivity contribution in [1.82, 2.24) is 5.32 Å². The Morgan fingerprint density at radius 3 is 2.82 bits per heavy atom. The molecule has 2 rings (SSSR count). The minimum atomic E-state index is -0.138. The van der Waals surface area contributed by atoms with E-state index >= 15 is 0 Å². The Balaban J connectivity index is 1.93. The highest BCUT2D eigenvalue weighted by Gasteiger charge is 2.33. The van der Waals surface area contributed by atoms with Crippen LogP contribution in [-0.2, 0) is 0 Å². The summed E-state index contributed by atoms with van der Waals surface area (Å²) in [5.74, 6) is 0.608. The highest BCUT2D eigenvalue weighted by Crippen LogP contribution is 2.29. The second-order valence-corrected chi connectivity index (χ2v) is 4.83. The third-order valence-electron chi connectivity index (χ3n) is 3.10. The number of carbonyl (C=O) groups excluding carboxylic acids is 1. The lowest BCUT2D eigenvalue weighted by molar-refractivity contribution is 0.251. The van der Waals surface area contributed by atoms with Crippen LogP contribution < -0.4 is 16.4 Å². The molecule has 4 nitrogen and oxygen atoms in total. The van der Waals surface area contributed by atoms with Crippen molar-refractivity contribution in [3.8, 4) is 0 Å². The molecule has 4 heteroatoms. The third kappa shape index (κ3) is 3.20. The monoisotopic (exact) mass is 233 g/mol. The van der Waals surface area contributed by atoms with Crippen LogP contribution in [0.2, 0.25) is 0 Å². The number of carbonyl (C=O) groups is 1. The Hall–Kier alpha value is -1.55. The Kier molecular flexibility index (Phi) is 3.33. The number of rotatable bonds is 3. The summed E-state index contributed by atoms with van der Waals surface area (Å²) in [6, 6.07) is 7.80. The lowest BCUT2D eigenvalue weighted by Gasteiger charge is -2.10. The fourth-order valence-electron chi connectivity index (χ4n) is 1.76. The van der Waals surface area contributed by atoms with E-state index in [9.17, 15) is 4.79 Å². The van der Waals surface area contributed by atoms with Crippen LogP contribution in [0.5, 0.6) is 0 Å². The number of anilines is 1. The number of benzene rings is 1. The zero-order chi connectivity index (χ0) is 12.4. The van der Waals surface area contributed by atoms with Crippen LogP contribution in [0.1, 0.15) is 31.9 Å². The average molecular weight is 233 g/mol. The third-order valence-corrected chi connectivity index (χ3v) is 3.10. The zero-order valence-electron chi connectivity index (χ0n) is 10.2. The van der Waals surface area contributed by atoms with Crippen LogP contribution in [0, 0.1) is 5.92 Å². The number of urea groups is 1. The van der Waals surface area contributed by atoms with E-state index in [1.807, 2.05) is 31.2 Å². The highest BCUT2D eigenvalue weighted by molar-refractivity contribution is 5.89. The maximum absolute atomic E-state index is 11.6. The summed E-state index contributed by atoms with van der Waals surface area (Å²) in [6.45, 7) is 4.05. The number of amides is 2. The summed E-state index contributed by atoms with van der Waals surface area (Å²) in [5, 5.41) is 5.74. The Morgan fingerprint density at radius 2 is 2.24 bits per heavy atom. The van der Waals surface area contributed by atoms with Gasteiger partial charge >= 0.3 is 6.03 Å². The van der Waals surface area contributed by atoms with Gasteiger partial charge in [0.25, 0.3) is 0 Å². The van der Waals surface area contributed by atoms with Crippen molar-refractivity contribution < 1.29 is 4.79 Å². The van der Waals surface area contributed by atoms with Crippen LogP contribution in [-0.4, -0.2) is 12.1 Å². The average Bonchev–Trinajstić information content (AvgIpc) is 2.94. The van der Waals surface area contributed by atoms with Crippen molar-refractivity contribution in [2.75, 3.05) is 5.32 Å². The zero-order valence-corrected chi connectivity index (χ0v) is 10.2. The van der Waals surface area contributed by atoms with E-state index in [-0.39, 0.29) is 12.1 Å². The normalized spacial score (nSPS) is 23.9. The quantitative estimate of drug-likeness (QED) is 0.749. The van der Waals surface area contributed by atoms with Gasteiger partial charge in [-0.2, -0.15) is 0 Å². The molecule has 2 amide bonds. The molecule has 0 heterocycles. The van der Waals surface area contributed by atoms with E-state index < -0.39 is 0 Å². The van der Waals surface area contributed by atoms with Gasteiger partial charge in [0.2, 0.25) is 0 Å². The molecule has 0 aromatic heterocycles. The molecule has 1 fully saturated rings. The molecule has 4 N–H and O–H groups in total. The van der Waals surface area contributed by atoms with Crippen LogP contribution in [0.25, 0.3) is 0 Å². The topological polar surface area (TPSA) is 67.1 Å². The van der Waals surface area contributed by atoms with Gasteiger partial charge in [0.15, 0.2) is 0 Å². The molecule has 1 aliphatic carbocycles. The molecular weight excluding hydrogens is 214 g/mol. The summed E-state index contributed by atoms with van der Waals surface area (Å²) in [4.78, 5) is 11.6. The van der Waals surface area contributed by atoms with Gasteiger partial charge in [-0.15, -0.1) is 0 Å². The van der Waals surface area contributed by atoms with E-state index in [1.54, 1.807) is 0 Å². The lowest BCUT2D eigenvalue weighted by atomic mass is 10.1. The smallest absolute Gasteiger partial charge is 0.319 e. The highest BCUT2D eigenvalue weighted by atomic mass is 16.2. The van der Waals surface area contributed by atoms with Crippen LogP contribution >= 0.6 is 0 Å². The summed E-state index contributed by atoms with van der Waals surface area (Å²) in [7, 11) is 0. The lowest BCUT2D eigenvalue weighted by Crippen LogP contribution is -2.31. The SMILES string of the molecule is CC(N)c1cccc(NC(=O)NC2CC2C)c1. The molecule has 0 spiro atoms. The van der Waals surface area contributed by atoms with Crippen molar-refractivity contribution in [2.24, 2.45) is 11.7 Å². The Labute approximate surface area is 102 Å². The van der Waals surface area contributed by atoms with E-state index in [1.165, 1.54) is 0 Å². The summed E-state index contributed by atoms with van der Waals surface area (Å²) in [5.41, 5.74) is 7.59. The predicted octanol–water partition coefficient (Wildman–Crippen LogP) is 2.24. The van der Waals surface area contributed by atoms with Crippen molar-refractivity contribution in [1.29, 1.82) is 0 Å². The van der Waals surface area contributed by atoms with Gasteiger partial charge < -0.3 is 16.4 Å². The molecule has 17 heavy (non-hydrogen) atoms. The predicted molar refractivity (Wildman–Crippen MR) is 68.8 cm³/mol. The van der Waals surface area contributed by atoms with E-state index in [0.717, 1.165) is 17.7 Å². The molecule has 0 radical (unpaired) electrons. The first-order valence-corrected chi connectivity index (χ1v) is 5.99. The first-order valence-electron chi connectivity index (χ1n) is 5.99. The Morgan fingerprint density at radius 1 is 1.53 bits per heavy atom. The van der Waals surface area contributed by atoms with Crippen LogP contribution in [0.15, 0.2) is 24.3 Å². The van der Waals surface area contributed by atoms with Gasteiger partial charge in [-0.25, -0.2) is 4.79 Å². The molecule has 1 aromatic rings. The van der Waals surface area contributed by atoms with Crippen molar-refractivity contribution in [2.45, 2.75) is 32.4 Å². The number of hydrogen-bond donors (Lipinski definition) is 3. The molecule has 1 aromatic carbocycles. The maximum Gasteiger partial charge on any atom is 0.319 e. The first-order chi connectivity index (χ1) is 8.06. The minimum absolute atomic E-state index is 0.0248. The maximum atomic E-state index is 11.6. The second kappa shape index (κ2) is 4.75. The summed E-state index contributed by atoms with van der Waals surface area (Å²) >= 11 is 0. The molecule has 1 aliphatic rings. The van der Waals surface area contributed by atoms with Gasteiger partial charge in [-0.05, 0) is 37.0 Å². The van der Waals surface area contributed by atoms with Crippen LogP contribution in [0.4, 0.5) is 10.5 Å². The molecule has 0 aliphatic heterocycles. The standard InChI is InChI=1S/C13H19N3O/c1-8-6-12(8)16-13(17)15-11-5-3-4-10(7-11)9(2)14/h3-5,7-9,12H,6,14H2,1-2H3,(H2,15,16,17). The summed E-state index contributed by atoms with van der Waals surface area (Å²) in [6.07, 6.45) is 1.08. The number of nitrogens with two attached hydrogens (primary N) is 1. The van der Waals surface area contributed by atoms with Gasteiger partial charge in [0.1, 0.15) is 0 Å². The van der Waals surface area contributed by atoms with Crippen molar-refractivity contribution >= 4 is 11.7 Å². The molecule has 0 saturated heterocycles. The van der Waals surface area contributed by atoms with Gasteiger partial charge in [0.05, 0.1) is 0 Å². The van der Waals surface area contributed by atoms with E-state index in [4.69, 9.17) is 5.73 Å². The second-order valence-electron chi connectivity index (χ2n) is 4.83. The van der Waals surface area contributed by atoms with E-state index in [0.29, 0.717) is 12.0 Å². The van der Waals surface area contributed by atoms with Gasteiger partial charge in [-0.3, -0.25) is 0 Å². The molecule has 3 atom stereocenters. The number of nitrogens with one attached hydrogen (secondary N) is 2. The molecule has 92 valence electrons. The minimum Gasteiger partial charge on any atom is -0.335 e. The molecular formula is C13H19N3O. The molecule has 1 saturated carbocycles. The van der Waals surface area contributed by atoms with Crippen molar-refractivity contribution in [3.63, 3.8) is 0 Å². The van der Waals surface area contributed by atoms with Crippen LogP contribution in [0.3, 0.4) is 0 Å². The van der Waals surface area contributed by atoms with Crippen molar-refractivity contribution in [3.05, 3.63) is 29.8 Å². The molecule has 0 bridgehead atoms. The first kappa shape index (κ1) is 11.9. The van der Waals surface area contributed by atoms with Gasteiger partial charge in [-0.1, -0.05) is 19.1 Å². The fraction of sp³-hybridized carbons (Fsp3) is 0.462. The Bertz CT molecular complexity index is 417. The largest absolute Gasteiger partial charge is 0.335 e. The van der Waals surface area contributed by atoms with Gasteiger partial charge in [0, 0.05) is 17.8 Å². The molecule has 3 unspecified atom stereocenters. The van der Waals surface area contributed by atoms with E-state index in [2.05, 4.69) is 17.6 Å².